The maximum absolute atomic E-state index is 13.1. The number of fused-ring (bicyclic) bond motifs is 1. The average Bonchev–Trinajstić information content (AvgIpc) is 3.06. The Labute approximate surface area is 181 Å². The summed E-state index contributed by atoms with van der Waals surface area (Å²) in [6.07, 6.45) is 6.10. The Bertz CT molecular complexity index is 1140. The summed E-state index contributed by atoms with van der Waals surface area (Å²) in [5.74, 6) is 0.354. The Balaban J connectivity index is 1.67. The molecule has 10 nitrogen and oxygen atoms in total. The van der Waals surface area contributed by atoms with E-state index in [1.54, 1.807) is 19.2 Å². The van der Waals surface area contributed by atoms with Gasteiger partial charge in [0.1, 0.15) is 5.65 Å². The molecule has 2 aromatic rings. The summed E-state index contributed by atoms with van der Waals surface area (Å²) in [6.45, 7) is 2.19. The van der Waals surface area contributed by atoms with Crippen molar-refractivity contribution >= 4 is 27.0 Å². The van der Waals surface area contributed by atoms with E-state index in [4.69, 9.17) is 0 Å². The van der Waals surface area contributed by atoms with Gasteiger partial charge < -0.3 is 15.5 Å². The van der Waals surface area contributed by atoms with Crippen LogP contribution in [0.25, 0.3) is 11.0 Å². The van der Waals surface area contributed by atoms with Crippen molar-refractivity contribution < 1.29 is 18.6 Å². The van der Waals surface area contributed by atoms with Crippen LogP contribution in [0.15, 0.2) is 17.1 Å². The van der Waals surface area contributed by atoms with Crippen LogP contribution in [0.5, 0.6) is 0 Å². The minimum absolute atomic E-state index is 0.0157. The Hall–Kier alpha value is -2.08. The number of aliphatic hydroxyl groups excluding tert-OH is 1. The van der Waals surface area contributed by atoms with Gasteiger partial charge in [-0.25, -0.2) is 17.7 Å². The van der Waals surface area contributed by atoms with E-state index in [9.17, 15) is 23.4 Å². The minimum Gasteiger partial charge on any atom is -0.391 e. The summed E-state index contributed by atoms with van der Waals surface area (Å²) in [5.41, 5.74) is -0.733. The van der Waals surface area contributed by atoms with Gasteiger partial charge in [-0.3, -0.25) is 9.36 Å². The average molecular weight is 452 g/mol. The van der Waals surface area contributed by atoms with Crippen LogP contribution in [0.1, 0.15) is 50.6 Å². The van der Waals surface area contributed by atoms with Crippen molar-refractivity contribution in [3.63, 3.8) is 0 Å². The fraction of sp³-hybridized carbons (Fsp3) is 0.650. The molecule has 11 heteroatoms. The van der Waals surface area contributed by atoms with Crippen molar-refractivity contribution in [3.05, 3.63) is 28.2 Å². The van der Waals surface area contributed by atoms with Crippen LogP contribution in [0.3, 0.4) is 0 Å². The first-order valence-corrected chi connectivity index (χ1v) is 12.4. The highest BCUT2D eigenvalue weighted by Gasteiger charge is 2.39. The molecule has 2 aromatic heterocycles. The number of anilines is 1. The largest absolute Gasteiger partial charge is 0.391 e. The Morgan fingerprint density at radius 3 is 2.58 bits per heavy atom. The highest BCUT2D eigenvalue weighted by molar-refractivity contribution is 7.88. The maximum Gasteiger partial charge on any atom is 0.258 e. The Morgan fingerprint density at radius 1 is 1.29 bits per heavy atom. The predicted molar refractivity (Wildman–Crippen MR) is 116 cm³/mol. The number of piperidine rings is 1. The third-order valence-corrected chi connectivity index (χ3v) is 7.77. The van der Waals surface area contributed by atoms with Crippen LogP contribution in [-0.2, 0) is 16.6 Å². The number of nitrogens with zero attached hydrogens (tertiary/aromatic N) is 4. The van der Waals surface area contributed by atoms with E-state index in [0.29, 0.717) is 55.8 Å². The standard InChI is InChI=1S/C20H29N5O5S/c1-20(28)7-3-4-16(20)25-17-13(10-14(12-26)18(25)27)11-21-19(23-17)22-15-5-8-24(9-6-15)31(2,29)30/h10-11,15-16,26,28H,3-9,12H2,1-2H3,(H,21,22,23)/t16-,20-/m0/s1. The molecule has 4 rings (SSSR count). The van der Waals surface area contributed by atoms with E-state index in [1.807, 2.05) is 0 Å². The third-order valence-electron chi connectivity index (χ3n) is 6.46. The van der Waals surface area contributed by atoms with Gasteiger partial charge in [-0.2, -0.15) is 4.98 Å². The summed E-state index contributed by atoms with van der Waals surface area (Å²) in [4.78, 5) is 22.0. The van der Waals surface area contributed by atoms with Crippen molar-refractivity contribution in [1.29, 1.82) is 0 Å². The number of aliphatic hydroxyl groups is 2. The van der Waals surface area contributed by atoms with E-state index in [2.05, 4.69) is 15.3 Å². The second-order valence-corrected chi connectivity index (χ2v) is 10.8. The lowest BCUT2D eigenvalue weighted by Gasteiger charge is -2.31. The predicted octanol–water partition coefficient (Wildman–Crippen LogP) is 0.596. The molecule has 170 valence electrons. The number of hydrogen-bond donors (Lipinski definition) is 3. The molecule has 0 bridgehead atoms. The number of pyridine rings is 1. The summed E-state index contributed by atoms with van der Waals surface area (Å²) in [7, 11) is -3.20. The summed E-state index contributed by atoms with van der Waals surface area (Å²) in [5, 5.41) is 24.4. The molecule has 0 aromatic carbocycles. The smallest absolute Gasteiger partial charge is 0.258 e. The van der Waals surface area contributed by atoms with Gasteiger partial charge in [0.2, 0.25) is 16.0 Å². The first-order chi connectivity index (χ1) is 14.6. The molecule has 0 unspecified atom stereocenters. The van der Waals surface area contributed by atoms with Crippen LogP contribution in [-0.4, -0.2) is 68.5 Å². The molecular weight excluding hydrogens is 422 g/mol. The SMILES string of the molecule is C[C@]1(O)CCC[C@@H]1n1c(=O)c(CO)cc2cnc(NC3CCN(S(C)(=O)=O)CC3)nc21. The second kappa shape index (κ2) is 8.12. The zero-order valence-electron chi connectivity index (χ0n) is 17.8. The van der Waals surface area contributed by atoms with Crippen molar-refractivity contribution in [2.24, 2.45) is 0 Å². The van der Waals surface area contributed by atoms with Crippen molar-refractivity contribution in [2.75, 3.05) is 24.7 Å². The van der Waals surface area contributed by atoms with Crippen LogP contribution in [0.4, 0.5) is 5.95 Å². The third kappa shape index (κ3) is 4.32. The van der Waals surface area contributed by atoms with Gasteiger partial charge in [-0.05, 0) is 45.1 Å². The first kappa shape index (κ1) is 22.1. The molecule has 0 amide bonds. The molecular formula is C20H29N5O5S. The summed E-state index contributed by atoms with van der Waals surface area (Å²) >= 11 is 0. The van der Waals surface area contributed by atoms with Gasteiger partial charge in [0, 0.05) is 36.3 Å². The van der Waals surface area contributed by atoms with Crippen molar-refractivity contribution in [1.82, 2.24) is 18.8 Å². The lowest BCUT2D eigenvalue weighted by molar-refractivity contribution is 0.0264. The minimum atomic E-state index is -3.20. The number of nitrogens with one attached hydrogen (secondary N) is 1. The highest BCUT2D eigenvalue weighted by Crippen LogP contribution is 2.39. The van der Waals surface area contributed by atoms with Crippen LogP contribution in [0.2, 0.25) is 0 Å². The molecule has 1 aliphatic heterocycles. The highest BCUT2D eigenvalue weighted by atomic mass is 32.2. The van der Waals surface area contributed by atoms with E-state index >= 15 is 0 Å². The number of sulfonamides is 1. The molecule has 2 atom stereocenters. The lowest BCUT2D eigenvalue weighted by Crippen LogP contribution is -2.42. The molecule has 1 saturated heterocycles. The van der Waals surface area contributed by atoms with Gasteiger partial charge in [0.25, 0.3) is 5.56 Å². The molecule has 3 heterocycles. The van der Waals surface area contributed by atoms with Crippen LogP contribution >= 0.6 is 0 Å². The van der Waals surface area contributed by atoms with Gasteiger partial charge in [-0.15, -0.1) is 0 Å². The molecule has 0 spiro atoms. The lowest BCUT2D eigenvalue weighted by atomic mass is 9.99. The Morgan fingerprint density at radius 2 is 2.00 bits per heavy atom. The maximum atomic E-state index is 13.1. The van der Waals surface area contributed by atoms with Gasteiger partial charge >= 0.3 is 0 Å². The quantitative estimate of drug-likeness (QED) is 0.601. The van der Waals surface area contributed by atoms with E-state index in [0.717, 1.165) is 6.42 Å². The summed E-state index contributed by atoms with van der Waals surface area (Å²) in [6, 6.07) is 1.17. The van der Waals surface area contributed by atoms with Crippen molar-refractivity contribution in [2.45, 2.75) is 63.3 Å². The number of rotatable bonds is 5. The molecule has 0 radical (unpaired) electrons. The van der Waals surface area contributed by atoms with Gasteiger partial charge in [0.05, 0.1) is 24.5 Å². The molecule has 3 N–H and O–H groups in total. The molecule has 31 heavy (non-hydrogen) atoms. The van der Waals surface area contributed by atoms with E-state index < -0.39 is 28.3 Å². The molecule has 1 saturated carbocycles. The zero-order chi connectivity index (χ0) is 22.4. The van der Waals surface area contributed by atoms with Gasteiger partial charge in [-0.1, -0.05) is 0 Å². The molecule has 1 aliphatic carbocycles. The second-order valence-electron chi connectivity index (χ2n) is 8.82. The fourth-order valence-corrected chi connectivity index (χ4v) is 5.58. The van der Waals surface area contributed by atoms with Crippen LogP contribution in [0, 0.1) is 0 Å². The zero-order valence-corrected chi connectivity index (χ0v) is 18.6. The van der Waals surface area contributed by atoms with Crippen molar-refractivity contribution in [3.8, 4) is 0 Å². The monoisotopic (exact) mass is 451 g/mol. The van der Waals surface area contributed by atoms with E-state index in [-0.39, 0.29) is 17.2 Å². The summed E-state index contributed by atoms with van der Waals surface area (Å²) < 4.78 is 26.4. The normalized spacial score (nSPS) is 25.9. The fourth-order valence-electron chi connectivity index (χ4n) is 4.70. The van der Waals surface area contributed by atoms with E-state index in [1.165, 1.54) is 15.1 Å². The van der Waals surface area contributed by atoms with Gasteiger partial charge in [0.15, 0.2) is 0 Å². The Kier molecular flexibility index (Phi) is 5.80. The topological polar surface area (TPSA) is 138 Å². The first-order valence-electron chi connectivity index (χ1n) is 10.6. The number of hydrogen-bond acceptors (Lipinski definition) is 8. The number of aromatic nitrogens is 3. The molecule has 2 aliphatic rings. The molecule has 2 fully saturated rings. The van der Waals surface area contributed by atoms with Crippen LogP contribution < -0.4 is 10.9 Å².